The summed E-state index contributed by atoms with van der Waals surface area (Å²) in [6.07, 6.45) is 0.855. The van der Waals surface area contributed by atoms with Crippen LogP contribution in [0.25, 0.3) is 0 Å². The number of phenols is 1. The normalized spacial score (nSPS) is 10.3. The fourth-order valence-corrected chi connectivity index (χ4v) is 2.02. The third-order valence-corrected chi connectivity index (χ3v) is 3.31. The van der Waals surface area contributed by atoms with Crippen molar-refractivity contribution in [1.82, 2.24) is 5.32 Å². The molecule has 4 heteroatoms. The van der Waals surface area contributed by atoms with Gasteiger partial charge in [-0.15, -0.1) is 0 Å². The van der Waals surface area contributed by atoms with Gasteiger partial charge in [-0.2, -0.15) is 0 Å². The summed E-state index contributed by atoms with van der Waals surface area (Å²) < 4.78 is 0. The highest BCUT2D eigenvalue weighted by Crippen LogP contribution is 2.17. The molecule has 110 valence electrons. The lowest BCUT2D eigenvalue weighted by atomic mass is 10.1. The molecule has 2 aromatic carbocycles. The van der Waals surface area contributed by atoms with Gasteiger partial charge >= 0.3 is 0 Å². The molecule has 0 atom stereocenters. The van der Waals surface area contributed by atoms with Gasteiger partial charge in [0.05, 0.1) is 6.61 Å². The molecule has 0 aliphatic carbocycles. The zero-order valence-electron chi connectivity index (χ0n) is 11.7. The third kappa shape index (κ3) is 4.61. The first kappa shape index (κ1) is 15.1. The molecule has 0 heterocycles. The minimum absolute atomic E-state index is 0.0210. The smallest absolute Gasteiger partial charge is 0.220 e. The highest BCUT2D eigenvalue weighted by atomic mass is 16.3. The molecule has 0 spiro atoms. The van der Waals surface area contributed by atoms with Gasteiger partial charge in [-0.05, 0) is 29.2 Å². The number of phenolic OH excluding ortho intramolecular Hbond substituents is 1. The number of hydrogen-bond acceptors (Lipinski definition) is 3. The second-order valence-corrected chi connectivity index (χ2v) is 4.88. The maximum absolute atomic E-state index is 11.8. The Morgan fingerprint density at radius 1 is 1.00 bits per heavy atom. The number of carbonyl (C=O) groups excluding carboxylic acids is 1. The summed E-state index contributed by atoms with van der Waals surface area (Å²) in [5, 5.41) is 21.4. The van der Waals surface area contributed by atoms with E-state index in [0.717, 1.165) is 16.7 Å². The number of benzene rings is 2. The van der Waals surface area contributed by atoms with Gasteiger partial charge < -0.3 is 15.5 Å². The van der Waals surface area contributed by atoms with Crippen LogP contribution in [0.1, 0.15) is 23.1 Å². The number of hydrogen-bond donors (Lipinski definition) is 3. The monoisotopic (exact) mass is 285 g/mol. The minimum atomic E-state index is -0.0514. The maximum atomic E-state index is 11.8. The van der Waals surface area contributed by atoms with Crippen LogP contribution in [0.5, 0.6) is 5.75 Å². The van der Waals surface area contributed by atoms with Crippen molar-refractivity contribution in [3.05, 3.63) is 65.2 Å². The first-order chi connectivity index (χ1) is 10.2. The van der Waals surface area contributed by atoms with Crippen LogP contribution >= 0.6 is 0 Å². The van der Waals surface area contributed by atoms with Gasteiger partial charge in [0, 0.05) is 13.0 Å². The Bertz CT molecular complexity index is 593. The number of aliphatic hydroxyl groups is 1. The number of aryl methyl sites for hydroxylation is 1. The highest BCUT2D eigenvalue weighted by molar-refractivity contribution is 5.76. The Balaban J connectivity index is 1.78. The lowest BCUT2D eigenvalue weighted by Gasteiger charge is -2.07. The van der Waals surface area contributed by atoms with Crippen LogP contribution in [0, 0.1) is 0 Å². The lowest BCUT2D eigenvalue weighted by Crippen LogP contribution is -2.23. The standard InChI is InChI=1S/C17H19NO3/c19-12-14-7-5-13(6-8-14)11-18-17(21)10-9-15-3-1-2-4-16(15)20/h1-8,19-20H,9-12H2,(H,18,21). The fraction of sp³-hybridized carbons (Fsp3) is 0.235. The zero-order chi connectivity index (χ0) is 15.1. The van der Waals surface area contributed by atoms with Crippen molar-refractivity contribution in [1.29, 1.82) is 0 Å². The van der Waals surface area contributed by atoms with Crippen molar-refractivity contribution in [2.45, 2.75) is 26.0 Å². The van der Waals surface area contributed by atoms with Gasteiger partial charge in [-0.25, -0.2) is 0 Å². The van der Waals surface area contributed by atoms with Gasteiger partial charge in [0.2, 0.25) is 5.91 Å². The molecule has 0 unspecified atom stereocenters. The molecule has 0 saturated heterocycles. The summed E-state index contributed by atoms with van der Waals surface area (Å²) in [5.74, 6) is 0.175. The molecule has 0 aliphatic rings. The van der Waals surface area contributed by atoms with Crippen LogP contribution in [-0.4, -0.2) is 16.1 Å². The van der Waals surface area contributed by atoms with E-state index in [1.165, 1.54) is 0 Å². The molecule has 0 bridgehead atoms. The largest absolute Gasteiger partial charge is 0.508 e. The molecular weight excluding hydrogens is 266 g/mol. The van der Waals surface area contributed by atoms with E-state index in [4.69, 9.17) is 5.11 Å². The molecule has 2 rings (SSSR count). The molecule has 4 nitrogen and oxygen atoms in total. The van der Waals surface area contributed by atoms with Gasteiger partial charge in [-0.1, -0.05) is 42.5 Å². The van der Waals surface area contributed by atoms with Crippen molar-refractivity contribution in [2.75, 3.05) is 0 Å². The van der Waals surface area contributed by atoms with Crippen molar-refractivity contribution >= 4 is 5.91 Å². The summed E-state index contributed by atoms with van der Waals surface area (Å²) in [6.45, 7) is 0.485. The SMILES string of the molecule is O=C(CCc1ccccc1O)NCc1ccc(CO)cc1. The predicted octanol–water partition coefficient (Wildman–Crippen LogP) is 2.13. The van der Waals surface area contributed by atoms with Crippen molar-refractivity contribution < 1.29 is 15.0 Å². The van der Waals surface area contributed by atoms with E-state index in [2.05, 4.69) is 5.32 Å². The first-order valence-corrected chi connectivity index (χ1v) is 6.91. The van der Waals surface area contributed by atoms with Gasteiger partial charge in [0.15, 0.2) is 0 Å². The molecule has 0 fully saturated rings. The van der Waals surface area contributed by atoms with Crippen molar-refractivity contribution in [3.8, 4) is 5.75 Å². The van der Waals surface area contributed by atoms with Crippen LogP contribution in [0.2, 0.25) is 0 Å². The first-order valence-electron chi connectivity index (χ1n) is 6.91. The summed E-state index contributed by atoms with van der Waals surface area (Å²) in [5.41, 5.74) is 2.62. The van der Waals surface area contributed by atoms with Crippen molar-refractivity contribution in [3.63, 3.8) is 0 Å². The molecule has 1 amide bonds. The summed E-state index contributed by atoms with van der Waals surface area (Å²) in [7, 11) is 0. The van der Waals surface area contributed by atoms with E-state index in [1.807, 2.05) is 36.4 Å². The Morgan fingerprint density at radius 2 is 1.67 bits per heavy atom. The molecule has 3 N–H and O–H groups in total. The minimum Gasteiger partial charge on any atom is -0.508 e. The van der Waals surface area contributed by atoms with E-state index >= 15 is 0 Å². The number of aliphatic hydroxyl groups excluding tert-OH is 1. The molecule has 0 radical (unpaired) electrons. The number of nitrogens with one attached hydrogen (secondary N) is 1. The van der Waals surface area contributed by atoms with Gasteiger partial charge in [-0.3, -0.25) is 4.79 Å². The lowest BCUT2D eigenvalue weighted by molar-refractivity contribution is -0.121. The Kier molecular flexibility index (Phi) is 5.35. The second kappa shape index (κ2) is 7.45. The van der Waals surface area contributed by atoms with E-state index < -0.39 is 0 Å². The van der Waals surface area contributed by atoms with Gasteiger partial charge in [0.1, 0.15) is 5.75 Å². The van der Waals surface area contributed by atoms with Crippen LogP contribution in [0.15, 0.2) is 48.5 Å². The van der Waals surface area contributed by atoms with E-state index in [1.54, 1.807) is 12.1 Å². The second-order valence-electron chi connectivity index (χ2n) is 4.88. The number of amides is 1. The van der Waals surface area contributed by atoms with Crippen molar-refractivity contribution in [2.24, 2.45) is 0 Å². The molecule has 0 aromatic heterocycles. The number of carbonyl (C=O) groups is 1. The summed E-state index contributed by atoms with van der Waals surface area (Å²) >= 11 is 0. The average Bonchev–Trinajstić information content (AvgIpc) is 2.52. The topological polar surface area (TPSA) is 69.6 Å². The molecular formula is C17H19NO3. The molecule has 2 aromatic rings. The van der Waals surface area contributed by atoms with E-state index in [9.17, 15) is 9.90 Å². The molecule has 0 aliphatic heterocycles. The number of para-hydroxylation sites is 1. The summed E-state index contributed by atoms with van der Waals surface area (Å²) in [6, 6.07) is 14.5. The maximum Gasteiger partial charge on any atom is 0.220 e. The zero-order valence-corrected chi connectivity index (χ0v) is 11.7. The summed E-state index contributed by atoms with van der Waals surface area (Å²) in [4.78, 5) is 11.8. The number of aromatic hydroxyl groups is 1. The number of rotatable bonds is 6. The van der Waals surface area contributed by atoms with Crippen LogP contribution in [0.4, 0.5) is 0 Å². The highest BCUT2D eigenvalue weighted by Gasteiger charge is 2.05. The van der Waals surface area contributed by atoms with E-state index in [0.29, 0.717) is 19.4 Å². The molecule has 21 heavy (non-hydrogen) atoms. The van der Waals surface area contributed by atoms with Crippen LogP contribution in [-0.2, 0) is 24.4 Å². The van der Waals surface area contributed by atoms with Crippen LogP contribution < -0.4 is 5.32 Å². The Labute approximate surface area is 124 Å². The predicted molar refractivity (Wildman–Crippen MR) is 80.6 cm³/mol. The quantitative estimate of drug-likeness (QED) is 0.761. The average molecular weight is 285 g/mol. The fourth-order valence-electron chi connectivity index (χ4n) is 2.02. The third-order valence-electron chi connectivity index (χ3n) is 3.31. The van der Waals surface area contributed by atoms with Gasteiger partial charge in [0.25, 0.3) is 0 Å². The molecule has 0 saturated carbocycles. The van der Waals surface area contributed by atoms with E-state index in [-0.39, 0.29) is 18.3 Å². The Hall–Kier alpha value is -2.33. The Morgan fingerprint density at radius 3 is 2.33 bits per heavy atom. The van der Waals surface area contributed by atoms with Crippen LogP contribution in [0.3, 0.4) is 0 Å².